The first kappa shape index (κ1) is 14.0. The first-order chi connectivity index (χ1) is 9.15. The number of hydrogen-bond donors (Lipinski definition) is 0. The Balaban J connectivity index is 2.51. The maximum Gasteiger partial charge on any atom is 0.338 e. The molecule has 0 aliphatic rings. The highest BCUT2D eigenvalue weighted by molar-refractivity contribution is 9.08. The van der Waals surface area contributed by atoms with Crippen LogP contribution in [0.4, 0.5) is 0 Å². The molecule has 0 unspecified atom stereocenters. The van der Waals surface area contributed by atoms with Crippen LogP contribution in [-0.2, 0) is 10.1 Å². The van der Waals surface area contributed by atoms with Gasteiger partial charge >= 0.3 is 5.97 Å². The molecule has 0 aliphatic carbocycles. The van der Waals surface area contributed by atoms with Crippen LogP contribution in [0.5, 0.6) is 0 Å². The van der Waals surface area contributed by atoms with E-state index in [1.54, 1.807) is 18.3 Å². The fraction of sp³-hybridized carbons (Fsp3) is 0.154. The third-order valence-corrected chi connectivity index (χ3v) is 3.37. The summed E-state index contributed by atoms with van der Waals surface area (Å²) in [4.78, 5) is 19.7. The molecule has 1 aromatic carbocycles. The van der Waals surface area contributed by atoms with Gasteiger partial charge in [0, 0.05) is 17.1 Å². The molecule has 0 atom stereocenters. The van der Waals surface area contributed by atoms with Crippen LogP contribution < -0.4 is 0 Å². The van der Waals surface area contributed by atoms with Crippen LogP contribution in [0, 0.1) is 0 Å². The summed E-state index contributed by atoms with van der Waals surface area (Å²) in [6.45, 7) is 0. The lowest BCUT2D eigenvalue weighted by Gasteiger charge is -2.08. The molecule has 0 amide bonds. The van der Waals surface area contributed by atoms with Crippen molar-refractivity contribution in [2.75, 3.05) is 7.11 Å². The van der Waals surface area contributed by atoms with E-state index in [2.05, 4.69) is 25.9 Å². The smallest absolute Gasteiger partial charge is 0.338 e. The number of nitrogens with zero attached hydrogens (tertiary/aromatic N) is 2. The zero-order chi connectivity index (χ0) is 13.8. The molecule has 0 spiro atoms. The largest absolute Gasteiger partial charge is 0.465 e. The number of aromatic nitrogens is 2. The Morgan fingerprint density at radius 1 is 1.42 bits per heavy atom. The summed E-state index contributed by atoms with van der Waals surface area (Å²) < 4.78 is 4.77. The van der Waals surface area contributed by atoms with Gasteiger partial charge in [0.1, 0.15) is 0 Å². The SMILES string of the molecule is COC(=O)c1cc(-c2ccnc(Cl)n2)ccc1CBr. The Morgan fingerprint density at radius 2 is 2.21 bits per heavy atom. The molecule has 0 bridgehead atoms. The summed E-state index contributed by atoms with van der Waals surface area (Å²) in [5, 5.41) is 0.740. The molecule has 6 heteroatoms. The number of carbonyl (C=O) groups is 1. The van der Waals surface area contributed by atoms with Crippen LogP contribution in [0.3, 0.4) is 0 Å². The summed E-state index contributed by atoms with van der Waals surface area (Å²) in [6, 6.07) is 7.20. The van der Waals surface area contributed by atoms with Crippen molar-refractivity contribution in [1.29, 1.82) is 0 Å². The Kier molecular flexibility index (Phi) is 4.50. The van der Waals surface area contributed by atoms with Crippen LogP contribution in [0.1, 0.15) is 15.9 Å². The first-order valence-electron chi connectivity index (χ1n) is 5.42. The standard InChI is InChI=1S/C13H10BrClN2O2/c1-19-12(18)10-6-8(2-3-9(10)7-14)11-4-5-16-13(15)17-11/h2-6H,7H2,1H3. The van der Waals surface area contributed by atoms with E-state index in [9.17, 15) is 4.79 Å². The minimum Gasteiger partial charge on any atom is -0.465 e. The van der Waals surface area contributed by atoms with E-state index in [-0.39, 0.29) is 11.3 Å². The molecule has 2 rings (SSSR count). The molecule has 0 aliphatic heterocycles. The number of halogens is 2. The number of hydrogen-bond acceptors (Lipinski definition) is 4. The molecule has 0 N–H and O–H groups in total. The van der Waals surface area contributed by atoms with Crippen LogP contribution in [0.25, 0.3) is 11.3 Å². The van der Waals surface area contributed by atoms with E-state index in [1.165, 1.54) is 7.11 Å². The van der Waals surface area contributed by atoms with Gasteiger partial charge in [-0.3, -0.25) is 0 Å². The zero-order valence-corrected chi connectivity index (χ0v) is 12.4. The van der Waals surface area contributed by atoms with Gasteiger partial charge in [-0.25, -0.2) is 14.8 Å². The molecule has 0 radical (unpaired) electrons. The van der Waals surface area contributed by atoms with Crippen LogP contribution >= 0.6 is 27.5 Å². The average Bonchev–Trinajstić information content (AvgIpc) is 2.45. The van der Waals surface area contributed by atoms with Crippen LogP contribution in [-0.4, -0.2) is 23.0 Å². The maximum absolute atomic E-state index is 11.7. The van der Waals surface area contributed by atoms with Crippen molar-refractivity contribution in [1.82, 2.24) is 9.97 Å². The highest BCUT2D eigenvalue weighted by atomic mass is 79.9. The Bertz CT molecular complexity index is 619. The number of carbonyl (C=O) groups excluding carboxylic acids is 1. The lowest BCUT2D eigenvalue weighted by molar-refractivity contribution is 0.0600. The van der Waals surface area contributed by atoms with Gasteiger partial charge in [0.05, 0.1) is 18.4 Å². The van der Waals surface area contributed by atoms with Gasteiger partial charge in [-0.2, -0.15) is 0 Å². The Hall–Kier alpha value is -1.46. The number of esters is 1. The predicted octanol–water partition coefficient (Wildman–Crippen LogP) is 3.48. The Morgan fingerprint density at radius 3 is 2.84 bits per heavy atom. The van der Waals surface area contributed by atoms with Gasteiger partial charge in [0.2, 0.25) is 5.28 Å². The minimum atomic E-state index is -0.378. The number of ether oxygens (including phenoxy) is 1. The van der Waals surface area contributed by atoms with Crippen molar-refractivity contribution >= 4 is 33.5 Å². The molecular weight excluding hydrogens is 332 g/mol. The first-order valence-corrected chi connectivity index (χ1v) is 6.91. The highest BCUT2D eigenvalue weighted by Crippen LogP contribution is 2.23. The van der Waals surface area contributed by atoms with Crippen molar-refractivity contribution in [2.24, 2.45) is 0 Å². The monoisotopic (exact) mass is 340 g/mol. The van der Waals surface area contributed by atoms with Gasteiger partial charge < -0.3 is 4.74 Å². The van der Waals surface area contributed by atoms with Gasteiger partial charge in [-0.15, -0.1) is 0 Å². The number of benzene rings is 1. The molecular formula is C13H10BrClN2O2. The lowest BCUT2D eigenvalue weighted by Crippen LogP contribution is -2.05. The molecule has 0 saturated carbocycles. The summed E-state index contributed by atoms with van der Waals surface area (Å²) in [5.74, 6) is -0.378. The molecule has 1 aromatic heterocycles. The molecule has 2 aromatic rings. The molecule has 4 nitrogen and oxygen atoms in total. The minimum absolute atomic E-state index is 0.168. The fourth-order valence-electron chi connectivity index (χ4n) is 1.65. The maximum atomic E-state index is 11.7. The van der Waals surface area contributed by atoms with Crippen LogP contribution in [0.15, 0.2) is 30.5 Å². The third-order valence-electron chi connectivity index (χ3n) is 2.58. The van der Waals surface area contributed by atoms with E-state index in [1.807, 2.05) is 12.1 Å². The third kappa shape index (κ3) is 3.11. The highest BCUT2D eigenvalue weighted by Gasteiger charge is 2.13. The summed E-state index contributed by atoms with van der Waals surface area (Å²) in [5.41, 5.74) is 2.81. The second-order valence-corrected chi connectivity index (χ2v) is 4.61. The molecule has 98 valence electrons. The van der Waals surface area contributed by atoms with Crippen molar-refractivity contribution in [3.05, 3.63) is 46.9 Å². The molecule has 1 heterocycles. The average molecular weight is 342 g/mol. The zero-order valence-electron chi connectivity index (χ0n) is 10.1. The molecule has 19 heavy (non-hydrogen) atoms. The quantitative estimate of drug-likeness (QED) is 0.487. The second kappa shape index (κ2) is 6.12. The normalized spacial score (nSPS) is 10.3. The van der Waals surface area contributed by atoms with Crippen molar-refractivity contribution in [3.8, 4) is 11.3 Å². The van der Waals surface area contributed by atoms with E-state index in [0.717, 1.165) is 11.1 Å². The number of methoxy groups -OCH3 is 1. The molecule has 0 fully saturated rings. The predicted molar refractivity (Wildman–Crippen MR) is 76.4 cm³/mol. The van der Waals surface area contributed by atoms with E-state index >= 15 is 0 Å². The van der Waals surface area contributed by atoms with Crippen LogP contribution in [0.2, 0.25) is 5.28 Å². The van der Waals surface area contributed by atoms with Gasteiger partial charge in [0.15, 0.2) is 0 Å². The topological polar surface area (TPSA) is 52.1 Å². The second-order valence-electron chi connectivity index (χ2n) is 3.71. The molecule has 0 saturated heterocycles. The Labute approximate surface area is 123 Å². The fourth-order valence-corrected chi connectivity index (χ4v) is 2.28. The van der Waals surface area contributed by atoms with Gasteiger partial charge in [-0.05, 0) is 29.3 Å². The van der Waals surface area contributed by atoms with Gasteiger partial charge in [0.25, 0.3) is 0 Å². The van der Waals surface area contributed by atoms with E-state index in [0.29, 0.717) is 16.6 Å². The van der Waals surface area contributed by atoms with Crippen molar-refractivity contribution in [2.45, 2.75) is 5.33 Å². The number of alkyl halides is 1. The summed E-state index contributed by atoms with van der Waals surface area (Å²) in [6.07, 6.45) is 1.57. The van der Waals surface area contributed by atoms with Gasteiger partial charge in [-0.1, -0.05) is 28.1 Å². The van der Waals surface area contributed by atoms with E-state index in [4.69, 9.17) is 16.3 Å². The summed E-state index contributed by atoms with van der Waals surface area (Å²) in [7, 11) is 1.36. The van der Waals surface area contributed by atoms with Crippen molar-refractivity contribution in [3.63, 3.8) is 0 Å². The van der Waals surface area contributed by atoms with E-state index < -0.39 is 0 Å². The lowest BCUT2D eigenvalue weighted by atomic mass is 10.0. The van der Waals surface area contributed by atoms with Crippen molar-refractivity contribution < 1.29 is 9.53 Å². The number of rotatable bonds is 3. The summed E-state index contributed by atoms with van der Waals surface area (Å²) >= 11 is 9.11.